The van der Waals surface area contributed by atoms with Gasteiger partial charge < -0.3 is 10.2 Å². The van der Waals surface area contributed by atoms with Gasteiger partial charge in [0.1, 0.15) is 18.0 Å². The van der Waals surface area contributed by atoms with E-state index in [9.17, 15) is 0 Å². The first-order valence-electron chi connectivity index (χ1n) is 7.78. The number of hydrogen-bond acceptors (Lipinski definition) is 5. The molecule has 0 spiro atoms. The van der Waals surface area contributed by atoms with Gasteiger partial charge >= 0.3 is 0 Å². The van der Waals surface area contributed by atoms with Crippen LogP contribution in [0.2, 0.25) is 0 Å². The highest BCUT2D eigenvalue weighted by atomic mass is 15.2. The maximum absolute atomic E-state index is 9.05. The number of nitriles is 1. The summed E-state index contributed by atoms with van der Waals surface area (Å²) in [5.41, 5.74) is 1.14. The fourth-order valence-corrected chi connectivity index (χ4v) is 2.29. The van der Waals surface area contributed by atoms with Gasteiger partial charge in [0.25, 0.3) is 0 Å². The maximum Gasteiger partial charge on any atom is 0.137 e. The van der Waals surface area contributed by atoms with Gasteiger partial charge in [-0.25, -0.2) is 9.97 Å². The van der Waals surface area contributed by atoms with E-state index in [-0.39, 0.29) is 5.92 Å². The second kappa shape index (κ2) is 8.46. The van der Waals surface area contributed by atoms with Crippen molar-refractivity contribution in [2.24, 2.45) is 5.92 Å². The average molecular weight is 289 g/mol. The Morgan fingerprint density at radius 3 is 2.52 bits per heavy atom. The Bertz CT molecular complexity index is 478. The van der Waals surface area contributed by atoms with Crippen molar-refractivity contribution in [3.63, 3.8) is 0 Å². The molecule has 0 saturated heterocycles. The van der Waals surface area contributed by atoms with E-state index >= 15 is 0 Å². The predicted octanol–water partition coefficient (Wildman–Crippen LogP) is 3.41. The van der Waals surface area contributed by atoms with Crippen LogP contribution in [0.5, 0.6) is 0 Å². The van der Waals surface area contributed by atoms with Crippen LogP contribution in [0.4, 0.5) is 11.6 Å². The van der Waals surface area contributed by atoms with Gasteiger partial charge in [0, 0.05) is 25.2 Å². The van der Waals surface area contributed by atoms with Crippen LogP contribution in [0.1, 0.15) is 52.5 Å². The number of rotatable bonds is 8. The number of hydrogen-bond donors (Lipinski definition) is 1. The van der Waals surface area contributed by atoms with E-state index < -0.39 is 0 Å². The third-order valence-corrected chi connectivity index (χ3v) is 3.38. The summed E-state index contributed by atoms with van der Waals surface area (Å²) in [5.74, 6) is 2.17. The summed E-state index contributed by atoms with van der Waals surface area (Å²) in [6.07, 6.45) is 2.67. The first-order chi connectivity index (χ1) is 10.0. The van der Waals surface area contributed by atoms with E-state index in [0.717, 1.165) is 36.7 Å². The smallest absolute Gasteiger partial charge is 0.137 e. The number of anilines is 2. The van der Waals surface area contributed by atoms with E-state index in [1.807, 2.05) is 6.92 Å². The molecule has 0 bridgehead atoms. The highest BCUT2D eigenvalue weighted by Crippen LogP contribution is 2.31. The highest BCUT2D eigenvalue weighted by Gasteiger charge is 2.20. The fourth-order valence-electron chi connectivity index (χ4n) is 2.29. The van der Waals surface area contributed by atoms with E-state index in [4.69, 9.17) is 5.26 Å². The molecule has 0 saturated carbocycles. The van der Waals surface area contributed by atoms with Crippen LogP contribution < -0.4 is 10.2 Å². The van der Waals surface area contributed by atoms with Gasteiger partial charge in [-0.3, -0.25) is 0 Å². The second-order valence-electron chi connectivity index (χ2n) is 5.61. The lowest BCUT2D eigenvalue weighted by Crippen LogP contribution is -2.30. The molecule has 0 aliphatic rings. The lowest BCUT2D eigenvalue weighted by atomic mass is 10.0. The van der Waals surface area contributed by atoms with Gasteiger partial charge in [0.05, 0.1) is 12.0 Å². The molecule has 5 nitrogen and oxygen atoms in total. The Kier molecular flexibility index (Phi) is 6.93. The Labute approximate surface area is 128 Å². The highest BCUT2D eigenvalue weighted by molar-refractivity contribution is 5.60. The summed E-state index contributed by atoms with van der Waals surface area (Å²) < 4.78 is 0. The first kappa shape index (κ1) is 17.2. The molecule has 0 aliphatic heterocycles. The zero-order valence-corrected chi connectivity index (χ0v) is 13.8. The molecule has 116 valence electrons. The summed E-state index contributed by atoms with van der Waals surface area (Å²) in [5, 5.41) is 12.4. The molecule has 1 aromatic heterocycles. The van der Waals surface area contributed by atoms with Crippen molar-refractivity contribution >= 4 is 11.6 Å². The van der Waals surface area contributed by atoms with Crippen LogP contribution in [0.3, 0.4) is 0 Å². The molecule has 0 fully saturated rings. The summed E-state index contributed by atoms with van der Waals surface area (Å²) in [6.45, 7) is 12.9. The van der Waals surface area contributed by atoms with Crippen LogP contribution in [-0.4, -0.2) is 29.6 Å². The molecule has 1 aromatic rings. The van der Waals surface area contributed by atoms with Gasteiger partial charge in [0.15, 0.2) is 0 Å². The van der Waals surface area contributed by atoms with Crippen LogP contribution >= 0.6 is 0 Å². The van der Waals surface area contributed by atoms with Crippen LogP contribution in [-0.2, 0) is 0 Å². The molecular formula is C16H27N5. The van der Waals surface area contributed by atoms with E-state index in [2.05, 4.69) is 53.9 Å². The molecule has 0 radical (unpaired) electrons. The third kappa shape index (κ3) is 4.59. The fraction of sp³-hybridized carbons (Fsp3) is 0.688. The molecule has 0 aliphatic carbocycles. The number of nitrogens with one attached hydrogen (secondary N) is 1. The van der Waals surface area contributed by atoms with Crippen molar-refractivity contribution in [3.05, 3.63) is 11.9 Å². The van der Waals surface area contributed by atoms with Gasteiger partial charge in [-0.1, -0.05) is 20.8 Å². The third-order valence-electron chi connectivity index (χ3n) is 3.38. The van der Waals surface area contributed by atoms with Gasteiger partial charge in [-0.15, -0.1) is 0 Å². The monoisotopic (exact) mass is 289 g/mol. The molecule has 21 heavy (non-hydrogen) atoms. The molecule has 1 unspecified atom stereocenters. The Morgan fingerprint density at radius 1 is 1.29 bits per heavy atom. The van der Waals surface area contributed by atoms with Crippen LogP contribution in [0.25, 0.3) is 0 Å². The Hall–Kier alpha value is -1.83. The SMILES string of the molecule is CCCNc1ncnc(N(CC)CC(C)C#N)c1C(C)C. The molecule has 1 heterocycles. The minimum atomic E-state index is -0.0213. The molecular weight excluding hydrogens is 262 g/mol. The van der Waals surface area contributed by atoms with Crippen molar-refractivity contribution in [2.45, 2.75) is 47.0 Å². The Balaban J connectivity index is 3.17. The van der Waals surface area contributed by atoms with Crippen molar-refractivity contribution in [1.82, 2.24) is 9.97 Å². The van der Waals surface area contributed by atoms with Crippen molar-refractivity contribution in [1.29, 1.82) is 5.26 Å². The summed E-state index contributed by atoms with van der Waals surface area (Å²) in [6, 6.07) is 2.30. The largest absolute Gasteiger partial charge is 0.370 e. The number of aromatic nitrogens is 2. The van der Waals surface area contributed by atoms with Gasteiger partial charge in [-0.05, 0) is 26.2 Å². The van der Waals surface area contributed by atoms with E-state index in [1.165, 1.54) is 0 Å². The quantitative estimate of drug-likeness (QED) is 0.794. The van der Waals surface area contributed by atoms with E-state index in [0.29, 0.717) is 12.5 Å². The maximum atomic E-state index is 9.05. The topological polar surface area (TPSA) is 64.8 Å². The van der Waals surface area contributed by atoms with E-state index in [1.54, 1.807) is 6.33 Å². The van der Waals surface area contributed by atoms with Gasteiger partial charge in [0.2, 0.25) is 0 Å². The molecule has 1 N–H and O–H groups in total. The Morgan fingerprint density at radius 2 is 2.00 bits per heavy atom. The van der Waals surface area contributed by atoms with Crippen LogP contribution in [0.15, 0.2) is 6.33 Å². The van der Waals surface area contributed by atoms with Crippen LogP contribution in [0, 0.1) is 17.2 Å². The molecule has 5 heteroatoms. The zero-order chi connectivity index (χ0) is 15.8. The standard InChI is InChI=1S/C16H27N5/c1-6-8-18-15-14(12(3)4)16(20-11-19-15)21(7-2)10-13(5)9-17/h11-13H,6-8,10H2,1-5H3,(H,18,19,20). The first-order valence-corrected chi connectivity index (χ1v) is 7.78. The van der Waals surface area contributed by atoms with Gasteiger partial charge in [-0.2, -0.15) is 5.26 Å². The summed E-state index contributed by atoms with van der Waals surface area (Å²) in [7, 11) is 0. The summed E-state index contributed by atoms with van der Waals surface area (Å²) >= 11 is 0. The molecule has 1 atom stereocenters. The van der Waals surface area contributed by atoms with Crippen molar-refractivity contribution < 1.29 is 0 Å². The zero-order valence-electron chi connectivity index (χ0n) is 13.8. The van der Waals surface area contributed by atoms with Crippen molar-refractivity contribution in [3.8, 4) is 6.07 Å². The van der Waals surface area contributed by atoms with Crippen molar-refractivity contribution in [2.75, 3.05) is 29.9 Å². The minimum Gasteiger partial charge on any atom is -0.370 e. The molecule has 1 rings (SSSR count). The molecule has 0 aromatic carbocycles. The predicted molar refractivity (Wildman–Crippen MR) is 87.6 cm³/mol. The minimum absolute atomic E-state index is 0.0213. The lowest BCUT2D eigenvalue weighted by molar-refractivity contribution is 0.670. The summed E-state index contributed by atoms with van der Waals surface area (Å²) in [4.78, 5) is 11.1. The normalized spacial score (nSPS) is 12.0. The number of nitrogens with zero attached hydrogens (tertiary/aromatic N) is 4. The molecule has 0 amide bonds. The second-order valence-corrected chi connectivity index (χ2v) is 5.61. The average Bonchev–Trinajstić information content (AvgIpc) is 2.49. The lowest BCUT2D eigenvalue weighted by Gasteiger charge is -2.27.